The van der Waals surface area contributed by atoms with Gasteiger partial charge in [-0.1, -0.05) is 0 Å². The first-order chi connectivity index (χ1) is 9.02. The molecule has 1 atom stereocenters. The van der Waals surface area contributed by atoms with Gasteiger partial charge in [0.2, 0.25) is 0 Å². The van der Waals surface area contributed by atoms with Crippen molar-refractivity contribution in [2.45, 2.75) is 51.4 Å². The molecule has 7 heteroatoms. The van der Waals surface area contributed by atoms with Crippen LogP contribution in [0.1, 0.15) is 34.1 Å². The van der Waals surface area contributed by atoms with Crippen molar-refractivity contribution in [3.05, 3.63) is 0 Å². The highest BCUT2D eigenvalue weighted by molar-refractivity contribution is 5.75. The quantitative estimate of drug-likeness (QED) is 0.696. The van der Waals surface area contributed by atoms with Crippen molar-refractivity contribution in [3.63, 3.8) is 0 Å². The first kappa shape index (κ1) is 16.7. The summed E-state index contributed by atoms with van der Waals surface area (Å²) in [6, 6.07) is -0.271. The predicted octanol–water partition coefficient (Wildman–Crippen LogP) is 0.421. The average Bonchev–Trinajstić information content (AvgIpc) is 2.24. The highest BCUT2D eigenvalue weighted by Crippen LogP contribution is 2.27. The Morgan fingerprint density at radius 2 is 1.75 bits per heavy atom. The molecule has 0 aromatic heterocycles. The first-order valence-electron chi connectivity index (χ1n) is 6.66. The molecule has 20 heavy (non-hydrogen) atoms. The third kappa shape index (κ3) is 4.97. The SMILES string of the molecule is CC1(C)CN(C(=O)NCCC(O)C(=O)O)CC(C)(C)O1. The number of urea groups is 1. The Morgan fingerprint density at radius 1 is 1.25 bits per heavy atom. The van der Waals surface area contributed by atoms with Crippen LogP contribution >= 0.6 is 0 Å². The van der Waals surface area contributed by atoms with Gasteiger partial charge < -0.3 is 25.2 Å². The van der Waals surface area contributed by atoms with E-state index >= 15 is 0 Å². The van der Waals surface area contributed by atoms with Crippen LogP contribution in [0.5, 0.6) is 0 Å². The lowest BCUT2D eigenvalue weighted by Crippen LogP contribution is -2.60. The third-order valence-electron chi connectivity index (χ3n) is 2.96. The molecule has 3 N–H and O–H groups in total. The number of rotatable bonds is 4. The molecular formula is C13H24N2O5. The van der Waals surface area contributed by atoms with Crippen molar-refractivity contribution >= 4 is 12.0 Å². The maximum atomic E-state index is 12.1. The van der Waals surface area contributed by atoms with Gasteiger partial charge in [0.15, 0.2) is 6.10 Å². The normalized spacial score (nSPS) is 22.1. The van der Waals surface area contributed by atoms with Crippen molar-refractivity contribution in [2.75, 3.05) is 19.6 Å². The molecule has 2 amide bonds. The minimum atomic E-state index is -1.45. The summed E-state index contributed by atoms with van der Waals surface area (Å²) in [7, 11) is 0. The first-order valence-corrected chi connectivity index (χ1v) is 6.66. The van der Waals surface area contributed by atoms with Gasteiger partial charge in [0.25, 0.3) is 0 Å². The fourth-order valence-electron chi connectivity index (χ4n) is 2.48. The van der Waals surface area contributed by atoms with E-state index in [1.165, 1.54) is 0 Å². The van der Waals surface area contributed by atoms with Crippen LogP contribution in [-0.4, -0.2) is 64.1 Å². The van der Waals surface area contributed by atoms with Gasteiger partial charge >= 0.3 is 12.0 Å². The number of hydrogen-bond donors (Lipinski definition) is 3. The molecule has 116 valence electrons. The summed E-state index contributed by atoms with van der Waals surface area (Å²) < 4.78 is 5.88. The zero-order chi connectivity index (χ0) is 15.6. The maximum absolute atomic E-state index is 12.1. The number of morpholine rings is 1. The number of carbonyl (C=O) groups is 2. The molecule has 0 saturated carbocycles. The second-order valence-corrected chi connectivity index (χ2v) is 6.35. The van der Waals surface area contributed by atoms with E-state index in [9.17, 15) is 9.59 Å². The number of ether oxygens (including phenoxy) is 1. The van der Waals surface area contributed by atoms with E-state index in [-0.39, 0.29) is 19.0 Å². The lowest BCUT2D eigenvalue weighted by molar-refractivity contribution is -0.170. The van der Waals surface area contributed by atoms with Gasteiger partial charge in [0, 0.05) is 13.0 Å². The van der Waals surface area contributed by atoms with Gasteiger partial charge in [-0.3, -0.25) is 0 Å². The number of carbonyl (C=O) groups excluding carboxylic acids is 1. The van der Waals surface area contributed by atoms with Crippen LogP contribution in [-0.2, 0) is 9.53 Å². The molecule has 0 aliphatic carbocycles. The minimum Gasteiger partial charge on any atom is -0.479 e. The summed E-state index contributed by atoms with van der Waals surface area (Å²) in [6.07, 6.45) is -1.47. The Bertz CT molecular complexity index is 365. The smallest absolute Gasteiger partial charge is 0.332 e. The highest BCUT2D eigenvalue weighted by atomic mass is 16.5. The molecule has 0 aromatic rings. The van der Waals surface area contributed by atoms with E-state index in [1.807, 2.05) is 27.7 Å². The number of carboxylic acids is 1. The second kappa shape index (κ2) is 5.97. The summed E-state index contributed by atoms with van der Waals surface area (Å²) in [4.78, 5) is 24.2. The number of nitrogens with one attached hydrogen (secondary N) is 1. The third-order valence-corrected chi connectivity index (χ3v) is 2.96. The van der Waals surface area contributed by atoms with Crippen LogP contribution in [0.4, 0.5) is 4.79 Å². The van der Waals surface area contributed by atoms with Crippen molar-refractivity contribution in [3.8, 4) is 0 Å². The van der Waals surface area contributed by atoms with E-state index in [2.05, 4.69) is 5.32 Å². The van der Waals surface area contributed by atoms with E-state index < -0.39 is 23.3 Å². The molecule has 0 aromatic carbocycles. The van der Waals surface area contributed by atoms with E-state index in [1.54, 1.807) is 4.90 Å². The van der Waals surface area contributed by atoms with Gasteiger partial charge in [0.1, 0.15) is 0 Å². The van der Waals surface area contributed by atoms with Crippen molar-refractivity contribution in [1.82, 2.24) is 10.2 Å². The molecule has 0 bridgehead atoms. The zero-order valence-corrected chi connectivity index (χ0v) is 12.5. The lowest BCUT2D eigenvalue weighted by atomic mass is 9.99. The second-order valence-electron chi connectivity index (χ2n) is 6.35. The number of aliphatic hydroxyl groups excluding tert-OH is 1. The number of nitrogens with zero attached hydrogens (tertiary/aromatic N) is 1. The Kier molecular flexibility index (Phi) is 4.99. The number of amides is 2. The van der Waals surface area contributed by atoms with Crippen molar-refractivity contribution in [2.24, 2.45) is 0 Å². The van der Waals surface area contributed by atoms with Gasteiger partial charge in [-0.15, -0.1) is 0 Å². The summed E-state index contributed by atoms with van der Waals surface area (Å²) in [5.74, 6) is -1.28. The van der Waals surface area contributed by atoms with Crippen molar-refractivity contribution in [1.29, 1.82) is 0 Å². The topological polar surface area (TPSA) is 99.1 Å². The average molecular weight is 288 g/mol. The van der Waals surface area contributed by atoms with Gasteiger partial charge in [0.05, 0.1) is 24.3 Å². The van der Waals surface area contributed by atoms with Gasteiger partial charge in [-0.05, 0) is 27.7 Å². The summed E-state index contributed by atoms with van der Waals surface area (Å²) in [6.45, 7) is 8.72. The fourth-order valence-corrected chi connectivity index (χ4v) is 2.48. The molecule has 1 heterocycles. The molecule has 0 spiro atoms. The number of carboxylic acid groups (broad SMARTS) is 1. The van der Waals surface area contributed by atoms with Crippen LogP contribution in [0.2, 0.25) is 0 Å². The van der Waals surface area contributed by atoms with Gasteiger partial charge in [-0.2, -0.15) is 0 Å². The molecule has 1 aliphatic heterocycles. The van der Waals surface area contributed by atoms with E-state index in [4.69, 9.17) is 14.9 Å². The van der Waals surface area contributed by atoms with Crippen molar-refractivity contribution < 1.29 is 24.5 Å². The Morgan fingerprint density at radius 3 is 2.20 bits per heavy atom. The predicted molar refractivity (Wildman–Crippen MR) is 72.5 cm³/mol. The van der Waals surface area contributed by atoms with Gasteiger partial charge in [-0.25, -0.2) is 9.59 Å². The zero-order valence-electron chi connectivity index (χ0n) is 12.5. The van der Waals surface area contributed by atoms with Crippen LogP contribution in [0.15, 0.2) is 0 Å². The molecule has 1 aliphatic rings. The monoisotopic (exact) mass is 288 g/mol. The van der Waals surface area contributed by atoms with E-state index in [0.29, 0.717) is 13.1 Å². The number of aliphatic carboxylic acids is 1. The summed E-state index contributed by atoms with van der Waals surface area (Å²) in [5, 5.41) is 20.3. The molecular weight excluding hydrogens is 264 g/mol. The van der Waals surface area contributed by atoms with Crippen LogP contribution in [0, 0.1) is 0 Å². The Balaban J connectivity index is 2.49. The van der Waals surface area contributed by atoms with Crippen LogP contribution in [0.25, 0.3) is 0 Å². The number of aliphatic hydroxyl groups is 1. The number of hydrogen-bond acceptors (Lipinski definition) is 4. The Hall–Kier alpha value is -1.34. The summed E-state index contributed by atoms with van der Waals surface area (Å²) in [5.41, 5.74) is -0.862. The largest absolute Gasteiger partial charge is 0.479 e. The molecule has 1 saturated heterocycles. The fraction of sp³-hybridized carbons (Fsp3) is 0.846. The maximum Gasteiger partial charge on any atom is 0.332 e. The lowest BCUT2D eigenvalue weighted by Gasteiger charge is -2.47. The van der Waals surface area contributed by atoms with Crippen LogP contribution < -0.4 is 5.32 Å². The molecule has 7 nitrogen and oxygen atoms in total. The summed E-state index contributed by atoms with van der Waals surface area (Å²) >= 11 is 0. The Labute approximate surface area is 118 Å². The minimum absolute atomic E-state index is 0.0157. The van der Waals surface area contributed by atoms with Crippen LogP contribution in [0.3, 0.4) is 0 Å². The standard InChI is InChI=1S/C13H24N2O5/c1-12(2)7-15(8-13(3,4)20-12)11(19)14-6-5-9(16)10(17)18/h9,16H,5-8H2,1-4H3,(H,14,19)(H,17,18). The molecule has 1 fully saturated rings. The molecule has 1 rings (SSSR count). The molecule has 1 unspecified atom stereocenters. The highest BCUT2D eigenvalue weighted by Gasteiger charge is 2.39. The molecule has 0 radical (unpaired) electrons. The van der Waals surface area contributed by atoms with E-state index in [0.717, 1.165) is 0 Å².